The molecule has 1 heterocycles. The van der Waals surface area contributed by atoms with Crippen LogP contribution >= 0.6 is 0 Å². The minimum Gasteiger partial charge on any atom is -0.489 e. The summed E-state index contributed by atoms with van der Waals surface area (Å²) in [5, 5.41) is 0. The van der Waals surface area contributed by atoms with Crippen molar-refractivity contribution in [3.8, 4) is 5.75 Å². The highest BCUT2D eigenvalue weighted by molar-refractivity contribution is 7.88. The average Bonchev–Trinajstić information content (AvgIpc) is 2.62. The molecule has 0 saturated carbocycles. The van der Waals surface area contributed by atoms with Gasteiger partial charge in [0.15, 0.2) is 0 Å². The first-order valence-corrected chi connectivity index (χ1v) is 10.3. The van der Waals surface area contributed by atoms with Crippen LogP contribution in [-0.4, -0.2) is 38.2 Å². The molecule has 2 N–H and O–H groups in total. The Labute approximate surface area is 149 Å². The summed E-state index contributed by atoms with van der Waals surface area (Å²) < 4.78 is 31.8. The van der Waals surface area contributed by atoms with Crippen LogP contribution < -0.4 is 10.5 Å². The second-order valence-corrected chi connectivity index (χ2v) is 8.49. The molecule has 0 radical (unpaired) electrons. The highest BCUT2D eigenvalue weighted by Crippen LogP contribution is 2.30. The summed E-state index contributed by atoms with van der Waals surface area (Å²) in [6.07, 6.45) is 1.86. The molecule has 5 nitrogen and oxygen atoms in total. The van der Waals surface area contributed by atoms with Gasteiger partial charge >= 0.3 is 0 Å². The summed E-state index contributed by atoms with van der Waals surface area (Å²) in [7, 11) is -3.27. The fourth-order valence-electron chi connectivity index (χ4n) is 3.23. The third-order valence-electron chi connectivity index (χ3n) is 4.58. The summed E-state index contributed by atoms with van der Waals surface area (Å²) in [5.41, 5.74) is 7.80. The van der Waals surface area contributed by atoms with Gasteiger partial charge in [-0.3, -0.25) is 0 Å². The van der Waals surface area contributed by atoms with Crippen molar-refractivity contribution in [2.24, 2.45) is 5.73 Å². The van der Waals surface area contributed by atoms with Crippen LogP contribution in [0.3, 0.4) is 0 Å². The number of hydrogen-bond donors (Lipinski definition) is 1. The van der Waals surface area contributed by atoms with Gasteiger partial charge in [0, 0.05) is 19.0 Å². The smallest absolute Gasteiger partial charge is 0.211 e. The van der Waals surface area contributed by atoms with E-state index in [1.807, 2.05) is 54.6 Å². The van der Waals surface area contributed by atoms with E-state index in [-0.39, 0.29) is 12.0 Å². The van der Waals surface area contributed by atoms with Gasteiger partial charge in [0.2, 0.25) is 10.0 Å². The zero-order valence-electron chi connectivity index (χ0n) is 14.3. The number of rotatable bonds is 5. The standard InChI is InChI=1S/C19H24N2O3S/c1-25(22,23)21-13-17(16-5-3-2-4-6-16)11-19(14-21)24-18-9-7-15(12-20)8-10-18/h2-10,17,19H,11-14,20H2,1H3/t17-,19+/m0/s1. The summed E-state index contributed by atoms with van der Waals surface area (Å²) in [5.74, 6) is 0.863. The Morgan fingerprint density at radius 1 is 1.08 bits per heavy atom. The molecular formula is C19H24N2O3S. The number of hydrogen-bond acceptors (Lipinski definition) is 4. The molecule has 6 heteroatoms. The fraction of sp³-hybridized carbons (Fsp3) is 0.368. The molecule has 25 heavy (non-hydrogen) atoms. The molecule has 0 unspecified atom stereocenters. The van der Waals surface area contributed by atoms with E-state index in [0.29, 0.717) is 19.6 Å². The van der Waals surface area contributed by atoms with Crippen LogP contribution in [0.15, 0.2) is 54.6 Å². The predicted molar refractivity (Wildman–Crippen MR) is 99.0 cm³/mol. The van der Waals surface area contributed by atoms with Crippen LogP contribution in [0, 0.1) is 0 Å². The van der Waals surface area contributed by atoms with Crippen LogP contribution in [0.2, 0.25) is 0 Å². The van der Waals surface area contributed by atoms with Crippen molar-refractivity contribution < 1.29 is 13.2 Å². The van der Waals surface area contributed by atoms with Crippen molar-refractivity contribution in [1.29, 1.82) is 0 Å². The lowest BCUT2D eigenvalue weighted by molar-refractivity contribution is 0.117. The van der Waals surface area contributed by atoms with Crippen molar-refractivity contribution in [3.63, 3.8) is 0 Å². The lowest BCUT2D eigenvalue weighted by Gasteiger charge is -2.36. The predicted octanol–water partition coefficient (Wildman–Crippen LogP) is 2.34. The number of nitrogens with two attached hydrogens (primary N) is 1. The van der Waals surface area contributed by atoms with Crippen LogP contribution in [0.25, 0.3) is 0 Å². The Bertz CT molecular complexity index is 791. The van der Waals surface area contributed by atoms with E-state index in [1.165, 1.54) is 10.6 Å². The van der Waals surface area contributed by atoms with E-state index in [0.717, 1.165) is 23.3 Å². The van der Waals surface area contributed by atoms with E-state index in [4.69, 9.17) is 10.5 Å². The minimum atomic E-state index is -3.27. The summed E-state index contributed by atoms with van der Waals surface area (Å²) in [6, 6.07) is 17.7. The molecule has 1 aliphatic heterocycles. The molecule has 1 aliphatic rings. The Morgan fingerprint density at radius 2 is 1.76 bits per heavy atom. The molecule has 2 aromatic rings. The molecule has 3 rings (SSSR count). The van der Waals surface area contributed by atoms with Gasteiger partial charge in [-0.25, -0.2) is 8.42 Å². The zero-order valence-corrected chi connectivity index (χ0v) is 15.2. The van der Waals surface area contributed by atoms with Crippen LogP contribution in [-0.2, 0) is 16.6 Å². The molecule has 2 atom stereocenters. The minimum absolute atomic E-state index is 0.123. The van der Waals surface area contributed by atoms with E-state index < -0.39 is 10.0 Å². The molecular weight excluding hydrogens is 336 g/mol. The van der Waals surface area contributed by atoms with Gasteiger partial charge in [0.25, 0.3) is 0 Å². The normalized spacial score (nSPS) is 21.8. The average molecular weight is 360 g/mol. The number of benzene rings is 2. The Hall–Kier alpha value is -1.89. The third kappa shape index (κ3) is 4.60. The quantitative estimate of drug-likeness (QED) is 0.888. The summed E-state index contributed by atoms with van der Waals surface area (Å²) in [6.45, 7) is 1.36. The van der Waals surface area contributed by atoms with Crippen molar-refractivity contribution in [2.45, 2.75) is 25.0 Å². The number of ether oxygens (including phenoxy) is 1. The number of sulfonamides is 1. The topological polar surface area (TPSA) is 72.6 Å². The number of piperidine rings is 1. The maximum atomic E-state index is 12.1. The second kappa shape index (κ2) is 7.56. The number of nitrogens with zero attached hydrogens (tertiary/aromatic N) is 1. The first-order chi connectivity index (χ1) is 12.0. The van der Waals surface area contributed by atoms with E-state index in [1.54, 1.807) is 0 Å². The van der Waals surface area contributed by atoms with Crippen LogP contribution in [0.4, 0.5) is 0 Å². The van der Waals surface area contributed by atoms with Crippen molar-refractivity contribution in [1.82, 2.24) is 4.31 Å². The fourth-order valence-corrected chi connectivity index (χ4v) is 4.12. The molecule has 0 bridgehead atoms. The lowest BCUT2D eigenvalue weighted by atomic mass is 9.90. The van der Waals surface area contributed by atoms with Gasteiger partial charge in [-0.1, -0.05) is 42.5 Å². The van der Waals surface area contributed by atoms with Gasteiger partial charge in [0.1, 0.15) is 11.9 Å². The zero-order chi connectivity index (χ0) is 17.9. The van der Waals surface area contributed by atoms with E-state index in [2.05, 4.69) is 0 Å². The molecule has 0 aliphatic carbocycles. The monoisotopic (exact) mass is 360 g/mol. The maximum Gasteiger partial charge on any atom is 0.211 e. The first kappa shape index (κ1) is 17.9. The Kier molecular flexibility index (Phi) is 5.42. The maximum absolute atomic E-state index is 12.1. The largest absolute Gasteiger partial charge is 0.489 e. The second-order valence-electron chi connectivity index (χ2n) is 6.51. The molecule has 1 saturated heterocycles. The Balaban J connectivity index is 1.79. The highest BCUT2D eigenvalue weighted by atomic mass is 32.2. The molecule has 134 valence electrons. The van der Waals surface area contributed by atoms with Gasteiger partial charge in [0.05, 0.1) is 12.8 Å². The molecule has 1 fully saturated rings. The third-order valence-corrected chi connectivity index (χ3v) is 5.82. The summed E-state index contributed by atoms with van der Waals surface area (Å²) in [4.78, 5) is 0. The molecule has 0 spiro atoms. The van der Waals surface area contributed by atoms with Crippen molar-refractivity contribution in [2.75, 3.05) is 19.3 Å². The molecule has 2 aromatic carbocycles. The van der Waals surface area contributed by atoms with Gasteiger partial charge < -0.3 is 10.5 Å². The van der Waals surface area contributed by atoms with Crippen molar-refractivity contribution >= 4 is 10.0 Å². The SMILES string of the molecule is CS(=O)(=O)N1C[C@H](Oc2ccc(CN)cc2)C[C@H](c2ccccc2)C1. The Morgan fingerprint density at radius 3 is 2.36 bits per heavy atom. The first-order valence-electron chi connectivity index (χ1n) is 8.41. The van der Waals surface area contributed by atoms with Crippen molar-refractivity contribution in [3.05, 3.63) is 65.7 Å². The molecule has 0 aromatic heterocycles. The van der Waals surface area contributed by atoms with E-state index >= 15 is 0 Å². The van der Waals surface area contributed by atoms with E-state index in [9.17, 15) is 8.42 Å². The highest BCUT2D eigenvalue weighted by Gasteiger charge is 2.33. The lowest BCUT2D eigenvalue weighted by Crippen LogP contribution is -2.47. The van der Waals surface area contributed by atoms with Gasteiger partial charge in [-0.2, -0.15) is 4.31 Å². The van der Waals surface area contributed by atoms with Gasteiger partial charge in [-0.15, -0.1) is 0 Å². The van der Waals surface area contributed by atoms with Crippen LogP contribution in [0.5, 0.6) is 5.75 Å². The summed E-state index contributed by atoms with van der Waals surface area (Å²) >= 11 is 0. The van der Waals surface area contributed by atoms with Gasteiger partial charge in [-0.05, 0) is 29.7 Å². The van der Waals surface area contributed by atoms with Crippen LogP contribution in [0.1, 0.15) is 23.5 Å². The molecule has 0 amide bonds.